The van der Waals surface area contributed by atoms with Gasteiger partial charge in [0.05, 0.1) is 6.61 Å². The topological polar surface area (TPSA) is 121 Å². The van der Waals surface area contributed by atoms with Gasteiger partial charge < -0.3 is 30.4 Å². The fourth-order valence-corrected chi connectivity index (χ4v) is 3.54. The molecule has 5 N–H and O–H groups in total. The minimum atomic E-state index is -1.67. The first kappa shape index (κ1) is 29.3. The minimum Gasteiger partial charge on any atom is -0.394 e. The van der Waals surface area contributed by atoms with Gasteiger partial charge in [0, 0.05) is 20.0 Å². The Kier molecular flexibility index (Phi) is 18.5. The van der Waals surface area contributed by atoms with E-state index in [0.717, 1.165) is 19.3 Å². The van der Waals surface area contributed by atoms with E-state index in [9.17, 15) is 25.2 Å². The molecule has 30 heavy (non-hydrogen) atoms. The highest BCUT2D eigenvalue weighted by molar-refractivity contribution is 5.75. The summed E-state index contributed by atoms with van der Waals surface area (Å²) in [6, 6.07) is 0. The van der Waals surface area contributed by atoms with Crippen LogP contribution in [-0.4, -0.2) is 81.0 Å². The van der Waals surface area contributed by atoms with E-state index in [1.165, 1.54) is 76.2 Å². The van der Waals surface area contributed by atoms with Crippen molar-refractivity contribution in [1.29, 1.82) is 0 Å². The third kappa shape index (κ3) is 14.3. The van der Waals surface area contributed by atoms with Gasteiger partial charge in [-0.3, -0.25) is 4.79 Å². The van der Waals surface area contributed by atoms with Gasteiger partial charge in [0.15, 0.2) is 0 Å². The first-order valence-corrected chi connectivity index (χ1v) is 11.9. The van der Waals surface area contributed by atoms with E-state index in [1.807, 2.05) is 0 Å². The second-order valence-corrected chi connectivity index (χ2v) is 8.57. The fraction of sp³-hybridized carbons (Fsp3) is 0.957. The van der Waals surface area contributed by atoms with E-state index in [1.54, 1.807) is 0 Å². The molecule has 0 unspecified atom stereocenters. The Balaban J connectivity index is 3.70. The van der Waals surface area contributed by atoms with Crippen molar-refractivity contribution in [3.63, 3.8) is 0 Å². The minimum absolute atomic E-state index is 0.124. The number of amides is 1. The summed E-state index contributed by atoms with van der Waals surface area (Å²) < 4.78 is 0. The van der Waals surface area contributed by atoms with E-state index in [4.69, 9.17) is 5.11 Å². The third-order valence-electron chi connectivity index (χ3n) is 5.71. The molecule has 7 heteroatoms. The highest BCUT2D eigenvalue weighted by Crippen LogP contribution is 2.13. The molecule has 1 amide bonds. The maximum Gasteiger partial charge on any atom is 0.222 e. The number of nitrogens with zero attached hydrogens (tertiary/aromatic N) is 1. The summed E-state index contributed by atoms with van der Waals surface area (Å²) in [7, 11) is 1.54. The summed E-state index contributed by atoms with van der Waals surface area (Å²) in [5, 5.41) is 47.5. The second kappa shape index (κ2) is 19.0. The Morgan fingerprint density at radius 1 is 0.700 bits per heavy atom. The molecule has 0 radical (unpaired) electrons. The molecule has 7 nitrogen and oxygen atoms in total. The van der Waals surface area contributed by atoms with Crippen LogP contribution in [0.2, 0.25) is 0 Å². The maximum absolute atomic E-state index is 12.1. The molecule has 0 aliphatic rings. The van der Waals surface area contributed by atoms with Crippen molar-refractivity contribution in [3.05, 3.63) is 0 Å². The number of carbonyl (C=O) groups excluding carboxylic acids is 1. The zero-order valence-corrected chi connectivity index (χ0v) is 19.2. The largest absolute Gasteiger partial charge is 0.394 e. The van der Waals surface area contributed by atoms with E-state index in [0.29, 0.717) is 6.42 Å². The molecule has 0 rings (SSSR count). The zero-order valence-electron chi connectivity index (χ0n) is 19.2. The Hall–Kier alpha value is -0.730. The number of hydrogen-bond donors (Lipinski definition) is 5. The molecule has 0 aliphatic heterocycles. The number of likely N-dealkylation sites (N-methyl/N-ethyl adjacent to an activating group) is 1. The van der Waals surface area contributed by atoms with Gasteiger partial charge in [-0.1, -0.05) is 84.0 Å². The highest BCUT2D eigenvalue weighted by Gasteiger charge is 2.31. The van der Waals surface area contributed by atoms with Crippen LogP contribution in [0.15, 0.2) is 0 Å². The summed E-state index contributed by atoms with van der Waals surface area (Å²) in [6.07, 6.45) is 10.3. The normalized spacial score (nSPS) is 15.6. The van der Waals surface area contributed by atoms with Crippen LogP contribution in [0.5, 0.6) is 0 Å². The Morgan fingerprint density at radius 3 is 1.53 bits per heavy atom. The van der Waals surface area contributed by atoms with Crippen molar-refractivity contribution >= 4 is 5.91 Å². The number of unbranched alkanes of at least 4 members (excludes halogenated alkanes) is 12. The third-order valence-corrected chi connectivity index (χ3v) is 5.71. The molecule has 0 aromatic rings. The smallest absolute Gasteiger partial charge is 0.222 e. The van der Waals surface area contributed by atoms with Gasteiger partial charge in [0.2, 0.25) is 5.91 Å². The average Bonchev–Trinajstić information content (AvgIpc) is 2.74. The van der Waals surface area contributed by atoms with Gasteiger partial charge in [-0.25, -0.2) is 0 Å². The van der Waals surface area contributed by atoms with Gasteiger partial charge in [-0.2, -0.15) is 0 Å². The first-order chi connectivity index (χ1) is 14.3. The van der Waals surface area contributed by atoms with E-state index < -0.39 is 31.0 Å². The molecule has 0 aromatic heterocycles. The van der Waals surface area contributed by atoms with Crippen LogP contribution in [0.25, 0.3) is 0 Å². The van der Waals surface area contributed by atoms with Gasteiger partial charge in [-0.05, 0) is 6.42 Å². The molecular weight excluding hydrogens is 386 g/mol. The number of aliphatic hydroxyl groups is 5. The molecule has 0 bridgehead atoms. The Labute approximate surface area is 183 Å². The second-order valence-electron chi connectivity index (χ2n) is 8.57. The quantitative estimate of drug-likeness (QED) is 0.188. The number of rotatable bonds is 20. The van der Waals surface area contributed by atoms with Crippen LogP contribution in [0.4, 0.5) is 0 Å². The van der Waals surface area contributed by atoms with Crippen molar-refractivity contribution in [2.24, 2.45) is 0 Å². The van der Waals surface area contributed by atoms with E-state index >= 15 is 0 Å². The average molecular weight is 434 g/mol. The Morgan fingerprint density at radius 2 is 1.10 bits per heavy atom. The van der Waals surface area contributed by atoms with Crippen molar-refractivity contribution in [2.75, 3.05) is 20.2 Å². The predicted octanol–water partition coefficient (Wildman–Crippen LogP) is 2.36. The van der Waals surface area contributed by atoms with Gasteiger partial charge >= 0.3 is 0 Å². The van der Waals surface area contributed by atoms with Gasteiger partial charge in [-0.15, -0.1) is 0 Å². The van der Waals surface area contributed by atoms with Crippen molar-refractivity contribution in [2.45, 2.75) is 121 Å². The van der Waals surface area contributed by atoms with Crippen LogP contribution in [-0.2, 0) is 4.79 Å². The standard InChI is InChI=1S/C23H47NO6/c1-3-4-5-6-7-8-9-10-11-12-13-14-15-16-21(28)24(2)17-19(26)22(29)23(30)20(27)18-25/h19-20,22-23,25-27,29-30H,3-18H2,1-2H3/t19-,20+,22+,23+/m0/s1. The van der Waals surface area contributed by atoms with Crippen molar-refractivity contribution in [3.8, 4) is 0 Å². The van der Waals surface area contributed by atoms with Gasteiger partial charge in [0.25, 0.3) is 0 Å². The molecule has 0 heterocycles. The molecule has 180 valence electrons. The van der Waals surface area contributed by atoms with Crippen LogP contribution >= 0.6 is 0 Å². The summed E-state index contributed by atoms with van der Waals surface area (Å²) in [6.45, 7) is 1.37. The van der Waals surface area contributed by atoms with Gasteiger partial charge in [0.1, 0.15) is 24.4 Å². The van der Waals surface area contributed by atoms with E-state index in [2.05, 4.69) is 6.92 Å². The molecule has 0 saturated carbocycles. The van der Waals surface area contributed by atoms with Crippen LogP contribution < -0.4 is 0 Å². The SMILES string of the molecule is CCCCCCCCCCCCCCCC(=O)N(C)C[C@H](O)[C@@H](O)[C@H](O)[C@H](O)CO. The fourth-order valence-electron chi connectivity index (χ4n) is 3.54. The van der Waals surface area contributed by atoms with Crippen molar-refractivity contribution in [1.82, 2.24) is 4.90 Å². The summed E-state index contributed by atoms with van der Waals surface area (Å²) in [4.78, 5) is 13.5. The summed E-state index contributed by atoms with van der Waals surface area (Å²) in [5.74, 6) is -0.124. The Bertz CT molecular complexity index is 409. The lowest BCUT2D eigenvalue weighted by molar-refractivity contribution is -0.138. The van der Waals surface area contributed by atoms with Crippen LogP contribution in [0.3, 0.4) is 0 Å². The molecule has 0 aliphatic carbocycles. The lowest BCUT2D eigenvalue weighted by Gasteiger charge is -2.28. The first-order valence-electron chi connectivity index (χ1n) is 11.9. The van der Waals surface area contributed by atoms with Crippen LogP contribution in [0, 0.1) is 0 Å². The number of hydrogen-bond acceptors (Lipinski definition) is 6. The van der Waals surface area contributed by atoms with E-state index in [-0.39, 0.29) is 12.5 Å². The lowest BCUT2D eigenvalue weighted by atomic mass is 10.0. The molecule has 0 spiro atoms. The summed E-state index contributed by atoms with van der Waals surface area (Å²) >= 11 is 0. The lowest BCUT2D eigenvalue weighted by Crippen LogP contribution is -2.49. The highest BCUT2D eigenvalue weighted by atomic mass is 16.4. The number of carbonyl (C=O) groups is 1. The maximum atomic E-state index is 12.1. The molecular formula is C23H47NO6. The summed E-state index contributed by atoms with van der Waals surface area (Å²) in [5.41, 5.74) is 0. The molecule has 4 atom stereocenters. The predicted molar refractivity (Wildman–Crippen MR) is 119 cm³/mol. The van der Waals surface area contributed by atoms with Crippen molar-refractivity contribution < 1.29 is 30.3 Å². The van der Waals surface area contributed by atoms with Crippen LogP contribution in [0.1, 0.15) is 96.8 Å². The number of aliphatic hydroxyl groups excluding tert-OH is 5. The molecule has 0 saturated heterocycles. The monoisotopic (exact) mass is 433 g/mol. The molecule has 0 fully saturated rings. The zero-order chi connectivity index (χ0) is 22.8. The molecule has 0 aromatic carbocycles.